The lowest BCUT2D eigenvalue weighted by atomic mass is 10.1. The SMILES string of the molecule is Cc1cc(Nc2nc(C(O)c3cc(F)c(F)cc3F)nc(C)c2Cl)n[nH]1. The number of halogens is 4. The molecule has 1 aromatic carbocycles. The zero-order valence-corrected chi connectivity index (χ0v) is 14.4. The van der Waals surface area contributed by atoms with Crippen LogP contribution in [0.3, 0.4) is 0 Å². The molecule has 6 nitrogen and oxygen atoms in total. The van der Waals surface area contributed by atoms with Crippen molar-refractivity contribution in [1.29, 1.82) is 0 Å². The third-order valence-electron chi connectivity index (χ3n) is 3.57. The Hall–Kier alpha value is -2.65. The van der Waals surface area contributed by atoms with Crippen LogP contribution >= 0.6 is 11.6 Å². The van der Waals surface area contributed by atoms with E-state index in [9.17, 15) is 18.3 Å². The number of benzene rings is 1. The van der Waals surface area contributed by atoms with Gasteiger partial charge in [-0.15, -0.1) is 0 Å². The normalized spacial score (nSPS) is 12.3. The molecule has 0 aliphatic carbocycles. The minimum Gasteiger partial charge on any atom is -0.380 e. The van der Waals surface area contributed by atoms with Crippen LogP contribution in [0.2, 0.25) is 5.02 Å². The van der Waals surface area contributed by atoms with Crippen molar-refractivity contribution < 1.29 is 18.3 Å². The quantitative estimate of drug-likeness (QED) is 0.598. The van der Waals surface area contributed by atoms with Gasteiger partial charge in [0.1, 0.15) is 16.9 Å². The van der Waals surface area contributed by atoms with Gasteiger partial charge < -0.3 is 10.4 Å². The van der Waals surface area contributed by atoms with Crippen molar-refractivity contribution in [2.24, 2.45) is 0 Å². The van der Waals surface area contributed by atoms with E-state index in [0.717, 1.165) is 5.69 Å². The fourth-order valence-corrected chi connectivity index (χ4v) is 2.41. The Bertz CT molecular complexity index is 979. The molecule has 3 rings (SSSR count). The molecule has 3 N–H and O–H groups in total. The monoisotopic (exact) mass is 383 g/mol. The fraction of sp³-hybridized carbons (Fsp3) is 0.188. The number of anilines is 2. The molecule has 0 aliphatic heterocycles. The number of rotatable bonds is 4. The van der Waals surface area contributed by atoms with E-state index in [-0.39, 0.29) is 16.7 Å². The summed E-state index contributed by atoms with van der Waals surface area (Å²) in [7, 11) is 0. The molecule has 0 fully saturated rings. The van der Waals surface area contributed by atoms with E-state index in [1.54, 1.807) is 19.9 Å². The Morgan fingerprint density at radius 3 is 2.42 bits per heavy atom. The second kappa shape index (κ2) is 6.93. The molecule has 3 aromatic rings. The Labute approximate surface area is 151 Å². The standard InChI is InChI=1S/C16H13ClF3N5O/c1-6-3-12(25-24-6)22-15-13(17)7(2)21-16(23-15)14(26)8-4-10(19)11(20)5-9(8)18/h3-5,14,26H,1-2H3,(H2,21,22,23,24,25). The summed E-state index contributed by atoms with van der Waals surface area (Å²) in [6, 6.07) is 2.61. The van der Waals surface area contributed by atoms with Gasteiger partial charge in [-0.2, -0.15) is 5.10 Å². The van der Waals surface area contributed by atoms with Crippen molar-refractivity contribution in [2.45, 2.75) is 20.0 Å². The van der Waals surface area contributed by atoms with Gasteiger partial charge in [0.2, 0.25) is 0 Å². The lowest BCUT2D eigenvalue weighted by Gasteiger charge is -2.14. The first kappa shape index (κ1) is 18.2. The maximum absolute atomic E-state index is 13.9. The predicted molar refractivity (Wildman–Crippen MR) is 88.8 cm³/mol. The second-order valence-corrected chi connectivity index (χ2v) is 5.96. The Balaban J connectivity index is 2.01. The molecule has 0 bridgehead atoms. The highest BCUT2D eigenvalue weighted by molar-refractivity contribution is 6.33. The zero-order chi connectivity index (χ0) is 19.0. The number of aromatic nitrogens is 4. The smallest absolute Gasteiger partial charge is 0.164 e. The van der Waals surface area contributed by atoms with Gasteiger partial charge in [-0.25, -0.2) is 23.1 Å². The van der Waals surface area contributed by atoms with Gasteiger partial charge in [0.25, 0.3) is 0 Å². The summed E-state index contributed by atoms with van der Waals surface area (Å²) in [4.78, 5) is 8.07. The average Bonchev–Trinajstić information content (AvgIpc) is 2.99. The van der Waals surface area contributed by atoms with Crippen molar-refractivity contribution in [3.63, 3.8) is 0 Å². The van der Waals surface area contributed by atoms with Gasteiger partial charge >= 0.3 is 0 Å². The topological polar surface area (TPSA) is 86.7 Å². The van der Waals surface area contributed by atoms with E-state index in [0.29, 0.717) is 23.6 Å². The molecular formula is C16H13ClF3N5O. The third kappa shape index (κ3) is 3.49. The van der Waals surface area contributed by atoms with E-state index >= 15 is 0 Å². The number of aromatic amines is 1. The molecule has 0 radical (unpaired) electrons. The van der Waals surface area contributed by atoms with Gasteiger partial charge in [-0.05, 0) is 19.9 Å². The maximum Gasteiger partial charge on any atom is 0.164 e. The van der Waals surface area contributed by atoms with Gasteiger partial charge in [0, 0.05) is 23.4 Å². The van der Waals surface area contributed by atoms with Crippen LogP contribution in [0.15, 0.2) is 18.2 Å². The predicted octanol–water partition coefficient (Wildman–Crippen LogP) is 3.71. The van der Waals surface area contributed by atoms with Crippen molar-refractivity contribution in [1.82, 2.24) is 20.2 Å². The van der Waals surface area contributed by atoms with Crippen LogP contribution in [0, 0.1) is 31.3 Å². The lowest BCUT2D eigenvalue weighted by molar-refractivity contribution is 0.203. The minimum atomic E-state index is -1.72. The van der Waals surface area contributed by atoms with Gasteiger partial charge in [0.05, 0.1) is 5.69 Å². The summed E-state index contributed by atoms with van der Waals surface area (Å²) in [5.74, 6) is -3.46. The number of H-pyrrole nitrogens is 1. The van der Waals surface area contributed by atoms with Gasteiger partial charge in [-0.1, -0.05) is 11.6 Å². The molecule has 0 spiro atoms. The van der Waals surface area contributed by atoms with Crippen molar-refractivity contribution >= 4 is 23.2 Å². The van der Waals surface area contributed by atoms with E-state index in [2.05, 4.69) is 25.5 Å². The van der Waals surface area contributed by atoms with Crippen molar-refractivity contribution in [3.8, 4) is 0 Å². The van der Waals surface area contributed by atoms with E-state index in [1.165, 1.54) is 0 Å². The summed E-state index contributed by atoms with van der Waals surface area (Å²) in [6.07, 6.45) is -1.72. The maximum atomic E-state index is 13.9. The van der Waals surface area contributed by atoms with Crippen LogP contribution in [0.4, 0.5) is 24.8 Å². The van der Waals surface area contributed by atoms with Gasteiger partial charge in [0.15, 0.2) is 29.1 Å². The summed E-state index contributed by atoms with van der Waals surface area (Å²) < 4.78 is 40.4. The summed E-state index contributed by atoms with van der Waals surface area (Å²) in [5.41, 5.74) is 0.596. The molecule has 0 aliphatic rings. The summed E-state index contributed by atoms with van der Waals surface area (Å²) >= 11 is 6.16. The van der Waals surface area contributed by atoms with Crippen LogP contribution < -0.4 is 5.32 Å². The number of hydrogen-bond donors (Lipinski definition) is 3. The molecule has 10 heteroatoms. The van der Waals surface area contributed by atoms with E-state index in [4.69, 9.17) is 11.6 Å². The molecule has 2 aromatic heterocycles. The van der Waals surface area contributed by atoms with Gasteiger partial charge in [-0.3, -0.25) is 5.10 Å². The van der Waals surface area contributed by atoms with E-state index < -0.39 is 29.1 Å². The third-order valence-corrected chi connectivity index (χ3v) is 4.02. The Kier molecular flexibility index (Phi) is 4.84. The first-order valence-corrected chi connectivity index (χ1v) is 7.79. The molecule has 2 heterocycles. The largest absolute Gasteiger partial charge is 0.380 e. The number of hydrogen-bond acceptors (Lipinski definition) is 5. The minimum absolute atomic E-state index is 0.128. The molecule has 136 valence electrons. The number of aliphatic hydroxyl groups is 1. The molecule has 0 saturated carbocycles. The van der Waals surface area contributed by atoms with Crippen LogP contribution in [0.5, 0.6) is 0 Å². The fourth-order valence-electron chi connectivity index (χ4n) is 2.28. The second-order valence-electron chi connectivity index (χ2n) is 5.58. The van der Waals surface area contributed by atoms with Crippen molar-refractivity contribution in [2.75, 3.05) is 5.32 Å². The number of nitrogens with zero attached hydrogens (tertiary/aromatic N) is 3. The molecule has 1 atom stereocenters. The average molecular weight is 384 g/mol. The van der Waals surface area contributed by atoms with Crippen LogP contribution in [-0.4, -0.2) is 25.3 Å². The highest BCUT2D eigenvalue weighted by Crippen LogP contribution is 2.30. The zero-order valence-electron chi connectivity index (χ0n) is 13.6. The van der Waals surface area contributed by atoms with Crippen LogP contribution in [0.25, 0.3) is 0 Å². The first-order valence-electron chi connectivity index (χ1n) is 7.42. The van der Waals surface area contributed by atoms with Crippen molar-refractivity contribution in [3.05, 3.63) is 63.4 Å². The van der Waals surface area contributed by atoms with Crippen LogP contribution in [0.1, 0.15) is 28.9 Å². The summed E-state index contributed by atoms with van der Waals surface area (Å²) in [5, 5.41) is 20.1. The lowest BCUT2D eigenvalue weighted by Crippen LogP contribution is -2.11. The first-order chi connectivity index (χ1) is 12.3. The summed E-state index contributed by atoms with van der Waals surface area (Å²) in [6.45, 7) is 3.36. The van der Waals surface area contributed by atoms with Crippen LogP contribution in [-0.2, 0) is 0 Å². The number of aryl methyl sites for hydroxylation is 2. The molecule has 0 amide bonds. The highest BCUT2D eigenvalue weighted by Gasteiger charge is 2.23. The number of aliphatic hydroxyl groups excluding tert-OH is 1. The Morgan fingerprint density at radius 1 is 1.08 bits per heavy atom. The van der Waals surface area contributed by atoms with E-state index in [1.807, 2.05) is 0 Å². The molecular weight excluding hydrogens is 371 g/mol. The molecule has 1 unspecified atom stereocenters. The Morgan fingerprint density at radius 2 is 1.77 bits per heavy atom. The highest BCUT2D eigenvalue weighted by atomic mass is 35.5. The number of nitrogens with one attached hydrogen (secondary N) is 2. The molecule has 26 heavy (non-hydrogen) atoms. The molecule has 0 saturated heterocycles.